The molecule has 0 unspecified atom stereocenters. The number of ether oxygens (including phenoxy) is 1. The van der Waals surface area contributed by atoms with Crippen molar-refractivity contribution < 1.29 is 14.3 Å². The lowest BCUT2D eigenvalue weighted by Crippen LogP contribution is -2.73. The molecule has 6 nitrogen and oxygen atoms in total. The maximum absolute atomic E-state index is 12.4. The quantitative estimate of drug-likeness (QED) is 0.838. The molecule has 3 fully saturated rings. The third-order valence-corrected chi connectivity index (χ3v) is 6.31. The molecule has 1 saturated carbocycles. The highest BCUT2D eigenvalue weighted by Gasteiger charge is 2.52. The van der Waals surface area contributed by atoms with Gasteiger partial charge in [-0.05, 0) is 30.2 Å². The molecule has 0 aromatic carbocycles. The summed E-state index contributed by atoms with van der Waals surface area (Å²) in [5, 5.41) is 4.75. The lowest BCUT2D eigenvalue weighted by atomic mass is 9.89. The van der Waals surface area contributed by atoms with E-state index >= 15 is 0 Å². The number of rotatable bonds is 5. The highest BCUT2D eigenvalue weighted by Crippen LogP contribution is 2.36. The van der Waals surface area contributed by atoms with E-state index in [-0.39, 0.29) is 23.5 Å². The minimum Gasteiger partial charge on any atom is -0.368 e. The molecule has 7 heteroatoms. The predicted octanol–water partition coefficient (Wildman–Crippen LogP) is 0.728. The predicted molar refractivity (Wildman–Crippen MR) is 95.4 cm³/mol. The van der Waals surface area contributed by atoms with Gasteiger partial charge in [0.15, 0.2) is 0 Å². The normalized spacial score (nSPS) is 25.6. The number of hydrogen-bond donors (Lipinski definition) is 1. The zero-order valence-electron chi connectivity index (χ0n) is 14.6. The van der Waals surface area contributed by atoms with Crippen LogP contribution >= 0.6 is 11.3 Å². The van der Waals surface area contributed by atoms with E-state index in [4.69, 9.17) is 4.74 Å². The number of carbonyl (C=O) groups excluding carboxylic acids is 2. The average molecular weight is 363 g/mol. The van der Waals surface area contributed by atoms with Gasteiger partial charge in [0.2, 0.25) is 11.8 Å². The molecule has 0 radical (unpaired) electrons. The van der Waals surface area contributed by atoms with Crippen molar-refractivity contribution in [1.82, 2.24) is 15.1 Å². The molecule has 3 aliphatic rings. The maximum Gasteiger partial charge on any atom is 0.239 e. The van der Waals surface area contributed by atoms with Crippen LogP contribution in [-0.2, 0) is 20.7 Å². The summed E-state index contributed by atoms with van der Waals surface area (Å²) >= 11 is 1.62. The summed E-state index contributed by atoms with van der Waals surface area (Å²) in [4.78, 5) is 29.8. The van der Waals surface area contributed by atoms with E-state index in [2.05, 4.69) is 10.2 Å². The number of amides is 2. The summed E-state index contributed by atoms with van der Waals surface area (Å²) in [5.74, 6) is 0.915. The molecule has 1 N–H and O–H groups in total. The summed E-state index contributed by atoms with van der Waals surface area (Å²) in [6.07, 6.45) is 2.99. The first-order valence-electron chi connectivity index (χ1n) is 8.98. The second-order valence-electron chi connectivity index (χ2n) is 7.50. The molecule has 2 amide bonds. The minimum absolute atomic E-state index is 0.0282. The van der Waals surface area contributed by atoms with Crippen LogP contribution in [0.4, 0.5) is 0 Å². The van der Waals surface area contributed by atoms with Gasteiger partial charge in [0.25, 0.3) is 0 Å². The summed E-state index contributed by atoms with van der Waals surface area (Å²) in [6.45, 7) is 3.40. The van der Waals surface area contributed by atoms with Gasteiger partial charge in [-0.1, -0.05) is 6.07 Å². The van der Waals surface area contributed by atoms with Crippen molar-refractivity contribution in [2.75, 3.05) is 39.8 Å². The van der Waals surface area contributed by atoms with Crippen molar-refractivity contribution in [2.45, 2.75) is 30.9 Å². The van der Waals surface area contributed by atoms with Crippen LogP contribution in [0.25, 0.3) is 0 Å². The molecular formula is C18H25N3O3S. The molecule has 3 heterocycles. The fourth-order valence-corrected chi connectivity index (χ4v) is 4.51. The molecule has 1 atom stereocenters. The van der Waals surface area contributed by atoms with Gasteiger partial charge in [-0.3, -0.25) is 14.5 Å². The standard InChI is InChI=1S/C18H25N3O3S/c1-19-17(23)15-9-24-18(10-20(15)8-13-4-5-13)11-21(12-18)16(22)7-14-3-2-6-25-14/h2-3,6,13,15H,4-5,7-12H2,1H3,(H,19,23)/t15-/m0/s1. The smallest absolute Gasteiger partial charge is 0.239 e. The molecule has 2 saturated heterocycles. The highest BCUT2D eigenvalue weighted by molar-refractivity contribution is 7.10. The van der Waals surface area contributed by atoms with E-state index in [9.17, 15) is 9.59 Å². The number of likely N-dealkylation sites (N-methyl/N-ethyl adjacent to an activating group) is 1. The summed E-state index contributed by atoms with van der Waals surface area (Å²) in [7, 11) is 1.68. The monoisotopic (exact) mass is 363 g/mol. The Hall–Kier alpha value is -1.44. The summed E-state index contributed by atoms with van der Waals surface area (Å²) in [5.41, 5.74) is -0.287. The van der Waals surface area contributed by atoms with Crippen LogP contribution < -0.4 is 5.32 Å². The molecule has 0 bridgehead atoms. The van der Waals surface area contributed by atoms with E-state index in [1.54, 1.807) is 18.4 Å². The Morgan fingerprint density at radius 3 is 2.80 bits per heavy atom. The van der Waals surface area contributed by atoms with Crippen LogP contribution in [0.2, 0.25) is 0 Å². The largest absolute Gasteiger partial charge is 0.368 e. The number of thiophene rings is 1. The van der Waals surface area contributed by atoms with Crippen LogP contribution in [-0.4, -0.2) is 73.1 Å². The van der Waals surface area contributed by atoms with Gasteiger partial charge in [0, 0.05) is 25.0 Å². The van der Waals surface area contributed by atoms with Crippen molar-refractivity contribution in [1.29, 1.82) is 0 Å². The Morgan fingerprint density at radius 1 is 1.36 bits per heavy atom. The highest BCUT2D eigenvalue weighted by atomic mass is 32.1. The van der Waals surface area contributed by atoms with Gasteiger partial charge in [-0.25, -0.2) is 0 Å². The second kappa shape index (κ2) is 6.70. The first kappa shape index (κ1) is 17.0. The topological polar surface area (TPSA) is 61.9 Å². The number of nitrogens with one attached hydrogen (secondary N) is 1. The third-order valence-electron chi connectivity index (χ3n) is 5.43. The van der Waals surface area contributed by atoms with Crippen LogP contribution in [0, 0.1) is 5.92 Å². The SMILES string of the molecule is CNC(=O)[C@@H]1COC2(CN(C(=O)Cc3cccs3)C2)CN1CC1CC1. The number of carbonyl (C=O) groups is 2. The van der Waals surface area contributed by atoms with E-state index in [1.807, 2.05) is 22.4 Å². The maximum atomic E-state index is 12.4. The van der Waals surface area contributed by atoms with Crippen LogP contribution in [0.15, 0.2) is 17.5 Å². The lowest BCUT2D eigenvalue weighted by molar-refractivity contribution is -0.204. The number of morpholine rings is 1. The molecule has 1 aromatic rings. The van der Waals surface area contributed by atoms with Crippen molar-refractivity contribution in [3.63, 3.8) is 0 Å². The van der Waals surface area contributed by atoms with E-state index < -0.39 is 0 Å². The molecule has 1 aliphatic carbocycles. The zero-order chi connectivity index (χ0) is 17.4. The Bertz CT molecular complexity index is 638. The molecular weight excluding hydrogens is 338 g/mol. The minimum atomic E-state index is -0.287. The van der Waals surface area contributed by atoms with Crippen LogP contribution in [0.5, 0.6) is 0 Å². The van der Waals surface area contributed by atoms with Gasteiger partial charge in [0.05, 0.1) is 26.1 Å². The molecule has 136 valence electrons. The van der Waals surface area contributed by atoms with Crippen molar-refractivity contribution in [2.24, 2.45) is 5.92 Å². The molecule has 1 spiro atoms. The summed E-state index contributed by atoms with van der Waals surface area (Å²) in [6, 6.07) is 3.77. The average Bonchev–Trinajstić information content (AvgIpc) is 3.24. The van der Waals surface area contributed by atoms with Gasteiger partial charge in [0.1, 0.15) is 11.6 Å². The summed E-state index contributed by atoms with van der Waals surface area (Å²) < 4.78 is 6.09. The zero-order valence-corrected chi connectivity index (χ0v) is 15.4. The number of nitrogens with zero attached hydrogens (tertiary/aromatic N) is 2. The Kier molecular flexibility index (Phi) is 4.56. The second-order valence-corrected chi connectivity index (χ2v) is 8.54. The lowest BCUT2D eigenvalue weighted by Gasteiger charge is -2.55. The molecule has 2 aliphatic heterocycles. The first-order valence-corrected chi connectivity index (χ1v) is 9.86. The van der Waals surface area contributed by atoms with Gasteiger partial charge in [-0.2, -0.15) is 0 Å². The fraction of sp³-hybridized carbons (Fsp3) is 0.667. The molecule has 4 rings (SSSR count). The third kappa shape index (κ3) is 3.59. The van der Waals surface area contributed by atoms with E-state index in [1.165, 1.54) is 12.8 Å². The van der Waals surface area contributed by atoms with E-state index in [0.29, 0.717) is 26.1 Å². The Labute approximate surface area is 152 Å². The van der Waals surface area contributed by atoms with Gasteiger partial charge in [-0.15, -0.1) is 11.3 Å². The van der Waals surface area contributed by atoms with Gasteiger partial charge < -0.3 is 15.0 Å². The Morgan fingerprint density at radius 2 is 2.16 bits per heavy atom. The van der Waals surface area contributed by atoms with Crippen LogP contribution in [0.3, 0.4) is 0 Å². The number of likely N-dealkylation sites (tertiary alicyclic amines) is 1. The molecule has 1 aromatic heterocycles. The Balaban J connectivity index is 1.35. The van der Waals surface area contributed by atoms with E-state index in [0.717, 1.165) is 23.9 Å². The van der Waals surface area contributed by atoms with Crippen molar-refractivity contribution in [3.05, 3.63) is 22.4 Å². The van der Waals surface area contributed by atoms with Crippen LogP contribution in [0.1, 0.15) is 17.7 Å². The van der Waals surface area contributed by atoms with Crippen molar-refractivity contribution >= 4 is 23.2 Å². The fourth-order valence-electron chi connectivity index (χ4n) is 3.81. The molecule has 25 heavy (non-hydrogen) atoms. The first-order chi connectivity index (χ1) is 12.1. The van der Waals surface area contributed by atoms with Gasteiger partial charge >= 0.3 is 0 Å². The number of hydrogen-bond acceptors (Lipinski definition) is 5. The van der Waals surface area contributed by atoms with Crippen molar-refractivity contribution in [3.8, 4) is 0 Å².